The molecule has 2 amide bonds. The molecule has 8 heteroatoms. The monoisotopic (exact) mass is 410 g/mol. The van der Waals surface area contributed by atoms with Crippen LogP contribution >= 0.6 is 0 Å². The van der Waals surface area contributed by atoms with Crippen molar-refractivity contribution in [3.63, 3.8) is 0 Å². The molecule has 0 unspecified atom stereocenters. The molecule has 3 rings (SSSR count). The largest absolute Gasteiger partial charge is 0.343 e. The zero-order chi connectivity index (χ0) is 21.5. The second-order valence-corrected chi connectivity index (χ2v) is 7.44. The van der Waals surface area contributed by atoms with E-state index in [4.69, 9.17) is 0 Å². The van der Waals surface area contributed by atoms with Gasteiger partial charge in [0.1, 0.15) is 0 Å². The van der Waals surface area contributed by atoms with E-state index >= 15 is 0 Å². The van der Waals surface area contributed by atoms with Gasteiger partial charge in [0.15, 0.2) is 0 Å². The van der Waals surface area contributed by atoms with Crippen LogP contribution in [0, 0.1) is 17.0 Å². The number of nitro groups is 1. The van der Waals surface area contributed by atoms with Gasteiger partial charge in [-0.2, -0.15) is 0 Å². The van der Waals surface area contributed by atoms with Crippen LogP contribution in [0.3, 0.4) is 0 Å². The predicted molar refractivity (Wildman–Crippen MR) is 113 cm³/mol. The molecule has 0 bridgehead atoms. The number of hydrogen-bond acceptors (Lipinski definition) is 5. The number of nitrogens with one attached hydrogen (secondary N) is 1. The van der Waals surface area contributed by atoms with Crippen LogP contribution in [0.25, 0.3) is 0 Å². The minimum Gasteiger partial charge on any atom is -0.343 e. The molecule has 0 aliphatic carbocycles. The van der Waals surface area contributed by atoms with Gasteiger partial charge >= 0.3 is 0 Å². The Morgan fingerprint density at radius 1 is 1.07 bits per heavy atom. The summed E-state index contributed by atoms with van der Waals surface area (Å²) in [6.07, 6.45) is 0.883. The van der Waals surface area contributed by atoms with Crippen LogP contribution in [-0.4, -0.2) is 59.3 Å². The summed E-state index contributed by atoms with van der Waals surface area (Å²) < 4.78 is 0. The number of rotatable bonds is 6. The first-order valence-corrected chi connectivity index (χ1v) is 10.0. The van der Waals surface area contributed by atoms with Crippen molar-refractivity contribution in [3.8, 4) is 0 Å². The molecule has 0 aromatic heterocycles. The third-order valence-corrected chi connectivity index (χ3v) is 5.25. The number of amides is 2. The fourth-order valence-electron chi connectivity index (χ4n) is 3.59. The number of carbonyl (C=O) groups is 2. The maximum Gasteiger partial charge on any atom is 0.272 e. The summed E-state index contributed by atoms with van der Waals surface area (Å²) in [7, 11) is 0. The first kappa shape index (κ1) is 21.4. The van der Waals surface area contributed by atoms with Crippen molar-refractivity contribution in [2.45, 2.75) is 19.9 Å². The number of nitro benzene ring substituents is 1. The molecule has 1 aliphatic rings. The van der Waals surface area contributed by atoms with Crippen molar-refractivity contribution >= 4 is 17.5 Å². The average molecular weight is 410 g/mol. The van der Waals surface area contributed by atoms with Crippen molar-refractivity contribution in [3.05, 3.63) is 75.3 Å². The zero-order valence-electron chi connectivity index (χ0n) is 17.0. The Morgan fingerprint density at radius 2 is 1.83 bits per heavy atom. The summed E-state index contributed by atoms with van der Waals surface area (Å²) >= 11 is 0. The van der Waals surface area contributed by atoms with E-state index < -0.39 is 10.8 Å². The van der Waals surface area contributed by atoms with Crippen molar-refractivity contribution in [2.75, 3.05) is 32.7 Å². The maximum atomic E-state index is 12.6. The highest BCUT2D eigenvalue weighted by atomic mass is 16.6. The molecule has 1 heterocycles. The predicted octanol–water partition coefficient (Wildman–Crippen LogP) is 2.37. The third kappa shape index (κ3) is 5.64. The molecular weight excluding hydrogens is 384 g/mol. The summed E-state index contributed by atoms with van der Waals surface area (Å²) in [6, 6.07) is 14.4. The van der Waals surface area contributed by atoms with Gasteiger partial charge in [-0.25, -0.2) is 0 Å². The lowest BCUT2D eigenvalue weighted by molar-refractivity contribution is -0.385. The van der Waals surface area contributed by atoms with E-state index in [-0.39, 0.29) is 18.1 Å². The molecule has 1 saturated heterocycles. The lowest BCUT2D eigenvalue weighted by Crippen LogP contribution is -2.42. The molecular formula is C22H26N4O4. The molecule has 30 heavy (non-hydrogen) atoms. The van der Waals surface area contributed by atoms with Crippen molar-refractivity contribution < 1.29 is 14.5 Å². The van der Waals surface area contributed by atoms with Gasteiger partial charge in [-0.05, 0) is 31.0 Å². The molecule has 0 saturated carbocycles. The van der Waals surface area contributed by atoms with Crippen LogP contribution in [0.4, 0.5) is 5.69 Å². The lowest BCUT2D eigenvalue weighted by Gasteiger charge is -2.22. The highest BCUT2D eigenvalue weighted by Gasteiger charge is 2.20. The fourth-order valence-corrected chi connectivity index (χ4v) is 3.59. The van der Waals surface area contributed by atoms with Gasteiger partial charge in [-0.1, -0.05) is 30.3 Å². The van der Waals surface area contributed by atoms with Gasteiger partial charge in [0.25, 0.3) is 11.6 Å². The number of nitrogens with zero attached hydrogens (tertiary/aromatic N) is 3. The summed E-state index contributed by atoms with van der Waals surface area (Å²) in [5.74, 6) is -0.537. The van der Waals surface area contributed by atoms with E-state index in [0.717, 1.165) is 26.1 Å². The van der Waals surface area contributed by atoms with Gasteiger partial charge < -0.3 is 10.2 Å². The first-order valence-electron chi connectivity index (χ1n) is 10.0. The highest BCUT2D eigenvalue weighted by Crippen LogP contribution is 2.18. The second kappa shape index (κ2) is 9.98. The summed E-state index contributed by atoms with van der Waals surface area (Å²) in [6.45, 7) is 5.35. The van der Waals surface area contributed by atoms with Gasteiger partial charge in [0.05, 0.1) is 11.5 Å². The maximum absolute atomic E-state index is 12.6. The number of benzene rings is 2. The van der Waals surface area contributed by atoms with Gasteiger partial charge in [-0.3, -0.25) is 24.6 Å². The molecule has 1 fully saturated rings. The molecule has 0 radical (unpaired) electrons. The number of hydrogen-bond donors (Lipinski definition) is 1. The fraction of sp³-hybridized carbons (Fsp3) is 0.364. The SMILES string of the molecule is Cc1cc(C(=O)NCC(=O)N2CCCN(Cc3ccccc3)CC2)ccc1[N+](=O)[O-]. The van der Waals surface area contributed by atoms with E-state index in [0.29, 0.717) is 24.2 Å². The van der Waals surface area contributed by atoms with Gasteiger partial charge in [0, 0.05) is 49.9 Å². The summed E-state index contributed by atoms with van der Waals surface area (Å²) in [5.41, 5.74) is 1.93. The van der Waals surface area contributed by atoms with Crippen LogP contribution in [0.5, 0.6) is 0 Å². The van der Waals surface area contributed by atoms with E-state index in [1.165, 1.54) is 23.8 Å². The standard InChI is InChI=1S/C22H26N4O4/c1-17-14-19(8-9-20(17)26(29)30)22(28)23-15-21(27)25-11-5-10-24(12-13-25)16-18-6-3-2-4-7-18/h2-4,6-9,14H,5,10-13,15-16H2,1H3,(H,23,28). The van der Waals surface area contributed by atoms with Crippen LogP contribution in [-0.2, 0) is 11.3 Å². The molecule has 0 spiro atoms. The molecule has 1 N–H and O–H groups in total. The Balaban J connectivity index is 1.49. The Labute approximate surface area is 175 Å². The Morgan fingerprint density at radius 3 is 2.53 bits per heavy atom. The van der Waals surface area contributed by atoms with Crippen molar-refractivity contribution in [1.82, 2.24) is 15.1 Å². The normalized spacial score (nSPS) is 14.8. The van der Waals surface area contributed by atoms with E-state index in [1.807, 2.05) is 18.2 Å². The topological polar surface area (TPSA) is 95.8 Å². The lowest BCUT2D eigenvalue weighted by atomic mass is 10.1. The smallest absolute Gasteiger partial charge is 0.272 e. The Bertz CT molecular complexity index is 917. The van der Waals surface area contributed by atoms with E-state index in [1.54, 1.807) is 11.8 Å². The first-order chi connectivity index (χ1) is 14.4. The Hall–Kier alpha value is -3.26. The minimum absolute atomic E-state index is 0.0350. The zero-order valence-corrected chi connectivity index (χ0v) is 17.0. The van der Waals surface area contributed by atoms with Gasteiger partial charge in [0.2, 0.25) is 5.91 Å². The van der Waals surface area contributed by atoms with E-state index in [9.17, 15) is 19.7 Å². The Kier molecular flexibility index (Phi) is 7.13. The number of aryl methyl sites for hydroxylation is 1. The van der Waals surface area contributed by atoms with Crippen LogP contribution in [0.15, 0.2) is 48.5 Å². The molecule has 2 aromatic rings. The van der Waals surface area contributed by atoms with Gasteiger partial charge in [-0.15, -0.1) is 0 Å². The highest BCUT2D eigenvalue weighted by molar-refractivity contribution is 5.96. The van der Waals surface area contributed by atoms with E-state index in [2.05, 4.69) is 22.3 Å². The quantitative estimate of drug-likeness (QED) is 0.583. The molecule has 1 aliphatic heterocycles. The molecule has 8 nitrogen and oxygen atoms in total. The number of carbonyl (C=O) groups excluding carboxylic acids is 2. The molecule has 2 aromatic carbocycles. The molecule has 158 valence electrons. The van der Waals surface area contributed by atoms with Crippen LogP contribution < -0.4 is 5.32 Å². The summed E-state index contributed by atoms with van der Waals surface area (Å²) in [5, 5.41) is 13.5. The average Bonchev–Trinajstić information content (AvgIpc) is 2.97. The molecule has 0 atom stereocenters. The van der Waals surface area contributed by atoms with Crippen molar-refractivity contribution in [1.29, 1.82) is 0 Å². The van der Waals surface area contributed by atoms with Crippen LogP contribution in [0.2, 0.25) is 0 Å². The minimum atomic E-state index is -0.485. The summed E-state index contributed by atoms with van der Waals surface area (Å²) in [4.78, 5) is 39.4. The second-order valence-electron chi connectivity index (χ2n) is 7.44. The third-order valence-electron chi connectivity index (χ3n) is 5.25. The van der Waals surface area contributed by atoms with Crippen LogP contribution in [0.1, 0.15) is 27.9 Å². The van der Waals surface area contributed by atoms with Crippen molar-refractivity contribution in [2.24, 2.45) is 0 Å².